The molecule has 1 aromatic rings. The van der Waals surface area contributed by atoms with Crippen molar-refractivity contribution in [3.8, 4) is 5.75 Å². The topological polar surface area (TPSA) is 61.5 Å². The molecule has 0 bridgehead atoms. The zero-order valence-electron chi connectivity index (χ0n) is 12.3. The lowest BCUT2D eigenvalue weighted by Crippen LogP contribution is -2.46. The largest absolute Gasteiger partial charge is 0.505 e. The number of hydrogen-bond donors (Lipinski definition) is 3. The molecule has 5 heteroatoms. The SMILES string of the molecule is Nc1cc(F)cc([C@H](C2CCCC2)N2CCNCC2)c1O. The first-order valence-electron chi connectivity index (χ1n) is 7.89. The Labute approximate surface area is 125 Å². The summed E-state index contributed by atoms with van der Waals surface area (Å²) in [5.41, 5.74) is 6.58. The maximum atomic E-state index is 13.8. The Balaban J connectivity index is 1.97. The number of nitrogen functional groups attached to an aromatic ring is 1. The van der Waals surface area contributed by atoms with E-state index in [4.69, 9.17) is 5.73 Å². The highest BCUT2D eigenvalue weighted by Gasteiger charge is 2.34. The number of phenolic OH excluding ortho intramolecular Hbond substituents is 1. The lowest BCUT2D eigenvalue weighted by atomic mass is 9.88. The maximum Gasteiger partial charge on any atom is 0.143 e. The van der Waals surface area contributed by atoms with Crippen molar-refractivity contribution >= 4 is 5.69 Å². The average molecular weight is 293 g/mol. The van der Waals surface area contributed by atoms with E-state index in [2.05, 4.69) is 10.2 Å². The molecule has 0 aromatic heterocycles. The van der Waals surface area contributed by atoms with E-state index >= 15 is 0 Å². The van der Waals surface area contributed by atoms with Gasteiger partial charge in [0.1, 0.15) is 11.6 Å². The van der Waals surface area contributed by atoms with Crippen LogP contribution in [0.5, 0.6) is 5.75 Å². The fourth-order valence-electron chi connectivity index (χ4n) is 3.85. The van der Waals surface area contributed by atoms with E-state index < -0.39 is 0 Å². The summed E-state index contributed by atoms with van der Waals surface area (Å²) in [4.78, 5) is 2.38. The van der Waals surface area contributed by atoms with Crippen LogP contribution in [0.1, 0.15) is 37.3 Å². The molecular formula is C16H24FN3O. The molecule has 1 atom stereocenters. The second-order valence-corrected chi connectivity index (χ2v) is 6.21. The van der Waals surface area contributed by atoms with Crippen molar-refractivity contribution in [3.63, 3.8) is 0 Å². The molecule has 0 amide bonds. The third kappa shape index (κ3) is 2.99. The Morgan fingerprint density at radius 2 is 1.90 bits per heavy atom. The Bertz CT molecular complexity index is 497. The van der Waals surface area contributed by atoms with Gasteiger partial charge in [0.15, 0.2) is 0 Å². The summed E-state index contributed by atoms with van der Waals surface area (Å²) < 4.78 is 13.8. The first kappa shape index (κ1) is 14.6. The number of nitrogens with two attached hydrogens (primary N) is 1. The molecule has 0 spiro atoms. The van der Waals surface area contributed by atoms with Gasteiger partial charge in [0, 0.05) is 43.9 Å². The molecule has 1 heterocycles. The van der Waals surface area contributed by atoms with Crippen molar-refractivity contribution < 1.29 is 9.50 Å². The van der Waals surface area contributed by atoms with Gasteiger partial charge in [-0.15, -0.1) is 0 Å². The molecule has 4 nitrogen and oxygen atoms in total. The number of nitrogens with one attached hydrogen (secondary N) is 1. The zero-order valence-corrected chi connectivity index (χ0v) is 12.3. The normalized spacial score (nSPS) is 22.5. The van der Waals surface area contributed by atoms with Gasteiger partial charge in [-0.3, -0.25) is 4.90 Å². The summed E-state index contributed by atoms with van der Waals surface area (Å²) in [5, 5.41) is 13.7. The third-order valence-corrected chi connectivity index (χ3v) is 4.84. The highest BCUT2D eigenvalue weighted by Crippen LogP contribution is 2.44. The van der Waals surface area contributed by atoms with E-state index in [1.54, 1.807) is 0 Å². The quantitative estimate of drug-likeness (QED) is 0.591. The molecular weight excluding hydrogens is 269 g/mol. The Hall–Kier alpha value is -1.33. The summed E-state index contributed by atoms with van der Waals surface area (Å²) in [6.07, 6.45) is 4.73. The standard InChI is InChI=1S/C16H24FN3O/c17-12-9-13(16(21)14(18)10-12)15(11-3-1-2-4-11)20-7-5-19-6-8-20/h9-11,15,19,21H,1-8,18H2/t15-/m0/s1. The highest BCUT2D eigenvalue weighted by molar-refractivity contribution is 5.57. The van der Waals surface area contributed by atoms with E-state index in [-0.39, 0.29) is 23.3 Å². The summed E-state index contributed by atoms with van der Waals surface area (Å²) in [6, 6.07) is 2.74. The van der Waals surface area contributed by atoms with Gasteiger partial charge < -0.3 is 16.2 Å². The number of aromatic hydroxyl groups is 1. The predicted molar refractivity (Wildman–Crippen MR) is 81.6 cm³/mol. The molecule has 2 fully saturated rings. The van der Waals surface area contributed by atoms with Crippen LogP contribution in [0.25, 0.3) is 0 Å². The number of phenols is 1. The maximum absolute atomic E-state index is 13.8. The molecule has 1 saturated heterocycles. The van der Waals surface area contributed by atoms with Gasteiger partial charge in [-0.25, -0.2) is 4.39 Å². The van der Waals surface area contributed by atoms with Gasteiger partial charge in [0.25, 0.3) is 0 Å². The second-order valence-electron chi connectivity index (χ2n) is 6.21. The number of piperazine rings is 1. The summed E-state index contributed by atoms with van der Waals surface area (Å²) in [6.45, 7) is 3.73. The Morgan fingerprint density at radius 1 is 1.24 bits per heavy atom. The minimum Gasteiger partial charge on any atom is -0.505 e. The Kier molecular flexibility index (Phi) is 4.31. The van der Waals surface area contributed by atoms with Crippen LogP contribution in [-0.2, 0) is 0 Å². The fourth-order valence-corrected chi connectivity index (χ4v) is 3.85. The van der Waals surface area contributed by atoms with Gasteiger partial charge in [-0.1, -0.05) is 12.8 Å². The molecule has 116 valence electrons. The molecule has 1 aliphatic heterocycles. The number of anilines is 1. The van der Waals surface area contributed by atoms with Crippen molar-refractivity contribution in [3.05, 3.63) is 23.5 Å². The number of nitrogens with zero attached hydrogens (tertiary/aromatic N) is 1. The average Bonchev–Trinajstić information content (AvgIpc) is 2.99. The first-order valence-corrected chi connectivity index (χ1v) is 7.89. The molecule has 1 aliphatic carbocycles. The van der Waals surface area contributed by atoms with Crippen molar-refractivity contribution in [1.29, 1.82) is 0 Å². The molecule has 0 radical (unpaired) electrons. The second kappa shape index (κ2) is 6.20. The summed E-state index contributed by atoms with van der Waals surface area (Å²) >= 11 is 0. The smallest absolute Gasteiger partial charge is 0.143 e. The van der Waals surface area contributed by atoms with Crippen LogP contribution in [0.2, 0.25) is 0 Å². The van der Waals surface area contributed by atoms with Gasteiger partial charge in [-0.2, -0.15) is 0 Å². The van der Waals surface area contributed by atoms with Crippen LogP contribution >= 0.6 is 0 Å². The Morgan fingerprint density at radius 3 is 2.57 bits per heavy atom. The molecule has 2 aliphatic rings. The fraction of sp³-hybridized carbons (Fsp3) is 0.625. The van der Waals surface area contributed by atoms with Crippen LogP contribution in [0.15, 0.2) is 12.1 Å². The lowest BCUT2D eigenvalue weighted by molar-refractivity contribution is 0.123. The molecule has 4 N–H and O–H groups in total. The van der Waals surface area contributed by atoms with E-state index in [0.717, 1.165) is 39.0 Å². The van der Waals surface area contributed by atoms with Crippen LogP contribution in [-0.4, -0.2) is 36.2 Å². The van der Waals surface area contributed by atoms with Crippen LogP contribution in [0, 0.1) is 11.7 Å². The molecule has 0 unspecified atom stereocenters. The molecule has 1 saturated carbocycles. The van der Waals surface area contributed by atoms with Gasteiger partial charge >= 0.3 is 0 Å². The van der Waals surface area contributed by atoms with Crippen molar-refractivity contribution in [2.45, 2.75) is 31.7 Å². The number of benzene rings is 1. The third-order valence-electron chi connectivity index (χ3n) is 4.84. The van der Waals surface area contributed by atoms with E-state index in [0.29, 0.717) is 11.5 Å². The van der Waals surface area contributed by atoms with Gasteiger partial charge in [0.05, 0.1) is 5.69 Å². The van der Waals surface area contributed by atoms with Crippen LogP contribution in [0.4, 0.5) is 10.1 Å². The van der Waals surface area contributed by atoms with Crippen LogP contribution < -0.4 is 11.1 Å². The molecule has 21 heavy (non-hydrogen) atoms. The minimum atomic E-state index is -0.363. The predicted octanol–water partition coefficient (Wildman–Crippen LogP) is 2.25. The number of hydrogen-bond acceptors (Lipinski definition) is 4. The van der Waals surface area contributed by atoms with E-state index in [1.807, 2.05) is 0 Å². The van der Waals surface area contributed by atoms with Gasteiger partial charge in [0.2, 0.25) is 0 Å². The first-order chi connectivity index (χ1) is 10.2. The molecule has 1 aromatic carbocycles. The van der Waals surface area contributed by atoms with Crippen molar-refractivity contribution in [2.24, 2.45) is 5.92 Å². The zero-order chi connectivity index (χ0) is 14.8. The van der Waals surface area contributed by atoms with Crippen LogP contribution in [0.3, 0.4) is 0 Å². The lowest BCUT2D eigenvalue weighted by Gasteiger charge is -2.39. The monoisotopic (exact) mass is 293 g/mol. The minimum absolute atomic E-state index is 0.0619. The number of halogens is 1. The highest BCUT2D eigenvalue weighted by atomic mass is 19.1. The van der Waals surface area contributed by atoms with Crippen molar-refractivity contribution in [1.82, 2.24) is 10.2 Å². The van der Waals surface area contributed by atoms with E-state index in [1.165, 1.54) is 25.0 Å². The molecule has 3 rings (SSSR count). The summed E-state index contributed by atoms with van der Waals surface area (Å²) in [7, 11) is 0. The van der Waals surface area contributed by atoms with Gasteiger partial charge in [-0.05, 0) is 24.8 Å². The summed E-state index contributed by atoms with van der Waals surface area (Å²) in [5.74, 6) is 0.181. The number of rotatable bonds is 3. The van der Waals surface area contributed by atoms with Crippen molar-refractivity contribution in [2.75, 3.05) is 31.9 Å². The van der Waals surface area contributed by atoms with E-state index in [9.17, 15) is 9.50 Å².